The third-order valence-corrected chi connectivity index (χ3v) is 3.68. The minimum atomic E-state index is -0.492. The highest BCUT2D eigenvalue weighted by atomic mass is 32.2. The van der Waals surface area contributed by atoms with E-state index < -0.39 is 4.92 Å². The zero-order valence-corrected chi connectivity index (χ0v) is 11.3. The van der Waals surface area contributed by atoms with Gasteiger partial charge in [-0.25, -0.2) is 0 Å². The summed E-state index contributed by atoms with van der Waals surface area (Å²) in [6.45, 7) is 1.55. The highest BCUT2D eigenvalue weighted by Gasteiger charge is 2.14. The first-order valence-corrected chi connectivity index (χ1v) is 6.39. The Bertz CT molecular complexity index is 625. The summed E-state index contributed by atoms with van der Waals surface area (Å²) < 4.78 is 1.75. The zero-order valence-electron chi connectivity index (χ0n) is 10.5. The summed E-state index contributed by atoms with van der Waals surface area (Å²) >= 11 is 1.45. The smallest absolute Gasteiger partial charge is 0.274 e. The molecule has 1 N–H and O–H groups in total. The quantitative estimate of drug-likeness (QED) is 0.686. The number of aliphatic hydroxyl groups is 1. The summed E-state index contributed by atoms with van der Waals surface area (Å²) in [6.07, 6.45) is 0. The predicted molar refractivity (Wildman–Crippen MR) is 71.1 cm³/mol. The maximum atomic E-state index is 10.8. The molecule has 0 saturated heterocycles. The van der Waals surface area contributed by atoms with Crippen LogP contribution in [0.1, 0.15) is 11.3 Å². The van der Waals surface area contributed by atoms with Crippen LogP contribution in [0, 0.1) is 17.0 Å². The van der Waals surface area contributed by atoms with Gasteiger partial charge in [-0.15, -0.1) is 0 Å². The lowest BCUT2D eigenvalue weighted by Gasteiger charge is -2.04. The van der Waals surface area contributed by atoms with Gasteiger partial charge in [0.05, 0.1) is 27.8 Å². The van der Waals surface area contributed by atoms with Gasteiger partial charge in [0.25, 0.3) is 5.69 Å². The average Bonchev–Trinajstić information content (AvgIpc) is 2.67. The molecule has 0 fully saturated rings. The summed E-state index contributed by atoms with van der Waals surface area (Å²) in [4.78, 5) is 11.1. The van der Waals surface area contributed by atoms with E-state index in [9.17, 15) is 15.2 Å². The maximum Gasteiger partial charge on any atom is 0.274 e. The van der Waals surface area contributed by atoms with Crippen molar-refractivity contribution in [2.75, 3.05) is 0 Å². The number of rotatable bonds is 4. The molecular formula is C12H13N3O3S. The molecule has 1 heterocycles. The highest BCUT2D eigenvalue weighted by molar-refractivity contribution is 7.99. The van der Waals surface area contributed by atoms with Gasteiger partial charge in [0.2, 0.25) is 0 Å². The van der Waals surface area contributed by atoms with Gasteiger partial charge in [0.15, 0.2) is 0 Å². The van der Waals surface area contributed by atoms with Crippen molar-refractivity contribution in [1.82, 2.24) is 9.78 Å². The van der Waals surface area contributed by atoms with Gasteiger partial charge in [-0.3, -0.25) is 14.8 Å². The van der Waals surface area contributed by atoms with Gasteiger partial charge in [-0.2, -0.15) is 5.10 Å². The van der Waals surface area contributed by atoms with E-state index in [1.807, 2.05) is 20.0 Å². The second kappa shape index (κ2) is 5.41. The number of nitro groups is 1. The molecule has 0 aliphatic carbocycles. The second-order valence-corrected chi connectivity index (χ2v) is 5.15. The molecule has 0 spiro atoms. The van der Waals surface area contributed by atoms with Crippen LogP contribution in [0.15, 0.2) is 34.2 Å². The monoisotopic (exact) mass is 279 g/mol. The fourth-order valence-electron chi connectivity index (χ4n) is 1.73. The zero-order chi connectivity index (χ0) is 14.0. The molecule has 0 radical (unpaired) electrons. The molecular weight excluding hydrogens is 266 g/mol. The lowest BCUT2D eigenvalue weighted by Crippen LogP contribution is -1.96. The Hall–Kier alpha value is -1.86. The molecule has 0 aliphatic rings. The molecule has 0 bridgehead atoms. The van der Waals surface area contributed by atoms with Crippen molar-refractivity contribution in [1.29, 1.82) is 0 Å². The molecule has 19 heavy (non-hydrogen) atoms. The number of benzene rings is 1. The number of aromatic nitrogens is 2. The number of hydrogen-bond acceptors (Lipinski definition) is 5. The number of aliphatic hydroxyl groups excluding tert-OH is 1. The normalized spacial score (nSPS) is 10.7. The van der Waals surface area contributed by atoms with Crippen LogP contribution in [0.2, 0.25) is 0 Å². The summed E-state index contributed by atoms with van der Waals surface area (Å²) in [5, 5.41) is 25.1. The third-order valence-electron chi connectivity index (χ3n) is 2.60. The first kappa shape index (κ1) is 13.6. The van der Waals surface area contributed by atoms with Gasteiger partial charge < -0.3 is 5.11 Å². The lowest BCUT2D eigenvalue weighted by atomic mass is 10.2. The molecule has 6 nitrogen and oxygen atoms in total. The topological polar surface area (TPSA) is 81.2 Å². The van der Waals surface area contributed by atoms with Crippen molar-refractivity contribution in [3.63, 3.8) is 0 Å². The molecule has 7 heteroatoms. The van der Waals surface area contributed by atoms with Crippen molar-refractivity contribution in [2.24, 2.45) is 7.05 Å². The Labute approximate surface area is 114 Å². The van der Waals surface area contributed by atoms with Crippen LogP contribution in [0.25, 0.3) is 0 Å². The van der Waals surface area contributed by atoms with Crippen molar-refractivity contribution >= 4 is 17.4 Å². The van der Waals surface area contributed by atoms with E-state index in [-0.39, 0.29) is 12.3 Å². The van der Waals surface area contributed by atoms with Crippen LogP contribution < -0.4 is 0 Å². The lowest BCUT2D eigenvalue weighted by molar-refractivity contribution is -0.385. The number of nitrogens with zero attached hydrogens (tertiary/aromatic N) is 3. The first-order valence-electron chi connectivity index (χ1n) is 5.58. The Balaban J connectivity index is 2.31. The van der Waals surface area contributed by atoms with E-state index in [0.717, 1.165) is 15.6 Å². The summed E-state index contributed by atoms with van der Waals surface area (Å²) in [7, 11) is 1.84. The Morgan fingerprint density at radius 3 is 2.74 bits per heavy atom. The molecule has 0 aliphatic heterocycles. The molecule has 0 amide bonds. The molecule has 100 valence electrons. The molecule has 2 rings (SSSR count). The van der Waals surface area contributed by atoms with Crippen molar-refractivity contribution in [2.45, 2.75) is 23.5 Å². The number of hydrogen-bond donors (Lipinski definition) is 1. The van der Waals surface area contributed by atoms with E-state index in [1.165, 1.54) is 17.8 Å². The van der Waals surface area contributed by atoms with Crippen LogP contribution in [0.3, 0.4) is 0 Å². The van der Waals surface area contributed by atoms with Crippen LogP contribution >= 0.6 is 11.8 Å². The van der Waals surface area contributed by atoms with Crippen molar-refractivity contribution in [3.05, 3.63) is 45.6 Å². The van der Waals surface area contributed by atoms with Crippen LogP contribution in [-0.2, 0) is 13.7 Å². The Morgan fingerprint density at radius 2 is 2.21 bits per heavy atom. The van der Waals surface area contributed by atoms with Gasteiger partial charge >= 0.3 is 0 Å². The van der Waals surface area contributed by atoms with Crippen molar-refractivity contribution < 1.29 is 10.0 Å². The first-order chi connectivity index (χ1) is 9.01. The SMILES string of the molecule is Cc1cc(Sc2ccc([N+](=O)[O-])c(CO)c2)n(C)n1. The summed E-state index contributed by atoms with van der Waals surface area (Å²) in [5.41, 5.74) is 1.16. The van der Waals surface area contributed by atoms with Crippen LogP contribution in [0.5, 0.6) is 0 Å². The van der Waals surface area contributed by atoms with Crippen LogP contribution in [0.4, 0.5) is 5.69 Å². The van der Waals surface area contributed by atoms with E-state index in [2.05, 4.69) is 5.10 Å². The van der Waals surface area contributed by atoms with Gasteiger partial charge in [0.1, 0.15) is 0 Å². The maximum absolute atomic E-state index is 10.8. The summed E-state index contributed by atoms with van der Waals surface area (Å²) in [5.74, 6) is 0. The highest BCUT2D eigenvalue weighted by Crippen LogP contribution is 2.31. The second-order valence-electron chi connectivity index (χ2n) is 4.06. The minimum Gasteiger partial charge on any atom is -0.391 e. The summed E-state index contributed by atoms with van der Waals surface area (Å²) in [6, 6.07) is 6.65. The van der Waals surface area contributed by atoms with Gasteiger partial charge in [-0.05, 0) is 25.1 Å². The van der Waals surface area contributed by atoms with Crippen molar-refractivity contribution in [3.8, 4) is 0 Å². The molecule has 0 atom stereocenters. The molecule has 2 aromatic rings. The molecule has 1 aromatic heterocycles. The average molecular weight is 279 g/mol. The number of nitro benzene ring substituents is 1. The molecule has 1 aromatic carbocycles. The predicted octanol–water partition coefficient (Wildman–Crippen LogP) is 2.28. The fourth-order valence-corrected chi connectivity index (χ4v) is 2.71. The van der Waals surface area contributed by atoms with E-state index in [4.69, 9.17) is 0 Å². The standard InChI is InChI=1S/C12H13N3O3S/c1-8-5-12(14(2)13-8)19-10-3-4-11(15(17)18)9(6-10)7-16/h3-6,16H,7H2,1-2H3. The van der Waals surface area contributed by atoms with E-state index >= 15 is 0 Å². The fraction of sp³-hybridized carbons (Fsp3) is 0.250. The van der Waals surface area contributed by atoms with Gasteiger partial charge in [-0.1, -0.05) is 11.8 Å². The molecule has 0 unspecified atom stereocenters. The third kappa shape index (κ3) is 2.94. The minimum absolute atomic E-state index is 0.0620. The van der Waals surface area contributed by atoms with Crippen LogP contribution in [-0.4, -0.2) is 19.8 Å². The Kier molecular flexibility index (Phi) is 3.87. The largest absolute Gasteiger partial charge is 0.391 e. The number of aryl methyl sites for hydroxylation is 2. The van der Waals surface area contributed by atoms with Gasteiger partial charge in [0, 0.05) is 18.0 Å². The molecule has 0 saturated carbocycles. The van der Waals surface area contributed by atoms with E-state index in [1.54, 1.807) is 16.8 Å². The Morgan fingerprint density at radius 1 is 1.47 bits per heavy atom. The van der Waals surface area contributed by atoms with E-state index in [0.29, 0.717) is 5.56 Å².